The Hall–Kier alpha value is -2.47. The summed E-state index contributed by atoms with van der Waals surface area (Å²) in [5, 5.41) is 12.4. The van der Waals surface area contributed by atoms with Crippen LogP contribution in [-0.2, 0) is 0 Å². The Balaban J connectivity index is 1.73. The van der Waals surface area contributed by atoms with Crippen molar-refractivity contribution in [2.45, 2.75) is 18.7 Å². The number of carboxylic acids is 1. The van der Waals surface area contributed by atoms with Crippen LogP contribution in [0.1, 0.15) is 16.8 Å². The number of halogens is 4. The third-order valence-corrected chi connectivity index (χ3v) is 3.40. The molecule has 1 fully saturated rings. The Morgan fingerprint density at radius 3 is 2.78 bits per heavy atom. The van der Waals surface area contributed by atoms with E-state index >= 15 is 0 Å². The van der Waals surface area contributed by atoms with Gasteiger partial charge in [-0.1, -0.05) is 11.6 Å². The minimum Gasteiger partial charge on any atom is -0.477 e. The molecule has 2 atom stereocenters. The molecule has 0 saturated heterocycles. The SMILES string of the molecule is O=C(O)c1c#cc(-n2ccc(O[C@H]3C[C@@H]3C(F)(F)F)n2)nc1Cl. The maximum absolute atomic E-state index is 12.4. The first-order chi connectivity index (χ1) is 10.8. The van der Waals surface area contributed by atoms with Gasteiger partial charge in [0.15, 0.2) is 5.15 Å². The molecule has 2 heterocycles. The van der Waals surface area contributed by atoms with Gasteiger partial charge in [-0.25, -0.2) is 14.5 Å². The molecule has 0 aromatic carbocycles. The molecule has 6 nitrogen and oxygen atoms in total. The highest BCUT2D eigenvalue weighted by Crippen LogP contribution is 2.46. The summed E-state index contributed by atoms with van der Waals surface area (Å²) < 4.78 is 43.5. The van der Waals surface area contributed by atoms with Crippen molar-refractivity contribution in [2.75, 3.05) is 0 Å². The molecule has 1 N–H and O–H groups in total. The van der Waals surface area contributed by atoms with Crippen LogP contribution < -0.4 is 4.74 Å². The van der Waals surface area contributed by atoms with E-state index in [1.165, 1.54) is 12.3 Å². The Morgan fingerprint density at radius 2 is 2.22 bits per heavy atom. The predicted octanol–water partition coefficient (Wildman–Crippen LogP) is 2.55. The number of carbonyl (C=O) groups is 1. The molecule has 0 bridgehead atoms. The van der Waals surface area contributed by atoms with Crippen molar-refractivity contribution in [1.82, 2.24) is 14.8 Å². The van der Waals surface area contributed by atoms with Gasteiger partial charge < -0.3 is 9.84 Å². The largest absolute Gasteiger partial charge is 0.477 e. The number of nitrogens with zero attached hydrogens (tertiary/aromatic N) is 3. The summed E-state index contributed by atoms with van der Waals surface area (Å²) in [6.45, 7) is 0. The lowest BCUT2D eigenvalue weighted by atomic mass is 10.3. The second kappa shape index (κ2) is 5.31. The van der Waals surface area contributed by atoms with E-state index in [0.717, 1.165) is 4.68 Å². The molecule has 1 saturated carbocycles. The van der Waals surface area contributed by atoms with Crippen LogP contribution in [0.2, 0.25) is 5.15 Å². The fourth-order valence-electron chi connectivity index (χ4n) is 1.89. The normalized spacial score (nSPS) is 20.0. The molecule has 2 aromatic heterocycles. The van der Waals surface area contributed by atoms with E-state index in [1.807, 2.05) is 0 Å². The molecule has 0 radical (unpaired) electrons. The highest BCUT2D eigenvalue weighted by atomic mass is 35.5. The van der Waals surface area contributed by atoms with Crippen LogP contribution in [0.4, 0.5) is 13.2 Å². The summed E-state index contributed by atoms with van der Waals surface area (Å²) in [4.78, 5) is 14.6. The third-order valence-electron chi connectivity index (χ3n) is 3.13. The van der Waals surface area contributed by atoms with E-state index < -0.39 is 24.2 Å². The third kappa shape index (κ3) is 3.17. The molecule has 0 aliphatic heterocycles. The zero-order valence-corrected chi connectivity index (χ0v) is 11.9. The number of rotatable bonds is 4. The standard InChI is InChI=1S/C13H7ClF3N3O3/c14-11-6(12(21)22)1-2-9(18-11)20-4-3-10(19-20)23-8-5-7(8)13(15,16)17/h3-4,7-8H,5H2,(H,21,22)/t7-,8-/m0/s1. The number of carboxylic acid groups (broad SMARTS) is 1. The summed E-state index contributed by atoms with van der Waals surface area (Å²) >= 11 is 5.70. The molecule has 0 spiro atoms. The minimum atomic E-state index is -4.28. The Morgan fingerprint density at radius 1 is 1.48 bits per heavy atom. The first-order valence-electron chi connectivity index (χ1n) is 6.29. The van der Waals surface area contributed by atoms with Gasteiger partial charge in [0.05, 0.1) is 5.92 Å². The first-order valence-corrected chi connectivity index (χ1v) is 6.66. The zero-order chi connectivity index (χ0) is 16.8. The number of hydrogen-bond donors (Lipinski definition) is 1. The fourth-order valence-corrected chi connectivity index (χ4v) is 2.09. The van der Waals surface area contributed by atoms with Gasteiger partial charge in [-0.3, -0.25) is 0 Å². The molecule has 23 heavy (non-hydrogen) atoms. The van der Waals surface area contributed by atoms with Crippen molar-refractivity contribution in [3.8, 4) is 11.7 Å². The number of hydrogen-bond acceptors (Lipinski definition) is 4. The maximum Gasteiger partial charge on any atom is 0.395 e. The first kappa shape index (κ1) is 15.4. The van der Waals surface area contributed by atoms with Crippen molar-refractivity contribution in [3.05, 3.63) is 35.1 Å². The minimum absolute atomic E-state index is 0.00427. The number of aromatic nitrogens is 3. The van der Waals surface area contributed by atoms with Crippen LogP contribution >= 0.6 is 11.6 Å². The molecule has 120 valence electrons. The predicted molar refractivity (Wildman–Crippen MR) is 69.6 cm³/mol. The lowest BCUT2D eigenvalue weighted by Crippen LogP contribution is -2.16. The van der Waals surface area contributed by atoms with Crippen molar-refractivity contribution in [1.29, 1.82) is 0 Å². The van der Waals surface area contributed by atoms with Crippen LogP contribution in [0.5, 0.6) is 5.88 Å². The van der Waals surface area contributed by atoms with Crippen molar-refractivity contribution < 1.29 is 27.8 Å². The van der Waals surface area contributed by atoms with E-state index in [4.69, 9.17) is 21.4 Å². The highest BCUT2D eigenvalue weighted by Gasteiger charge is 2.57. The van der Waals surface area contributed by atoms with Crippen molar-refractivity contribution >= 4 is 17.6 Å². The number of aromatic carboxylic acids is 1. The van der Waals surface area contributed by atoms with Crippen LogP contribution in [0, 0.1) is 18.1 Å². The van der Waals surface area contributed by atoms with Gasteiger partial charge in [0.1, 0.15) is 11.7 Å². The second-order valence-corrected chi connectivity index (χ2v) is 5.15. The number of ether oxygens (including phenoxy) is 1. The summed E-state index contributed by atoms with van der Waals surface area (Å²) in [5.41, 5.74) is -0.343. The Bertz CT molecular complexity index is 762. The molecule has 10 heteroatoms. The lowest BCUT2D eigenvalue weighted by molar-refractivity contribution is -0.153. The van der Waals surface area contributed by atoms with Gasteiger partial charge in [-0.05, 0) is 18.6 Å². The topological polar surface area (TPSA) is 77.2 Å². The van der Waals surface area contributed by atoms with Gasteiger partial charge in [-0.2, -0.15) is 13.2 Å². The van der Waals surface area contributed by atoms with Crippen LogP contribution in [-0.4, -0.2) is 38.1 Å². The van der Waals surface area contributed by atoms with E-state index in [0.29, 0.717) is 0 Å². The molecule has 0 unspecified atom stereocenters. The summed E-state index contributed by atoms with van der Waals surface area (Å²) in [6.07, 6.45) is -3.95. The molecule has 1 aliphatic carbocycles. The quantitative estimate of drug-likeness (QED) is 0.921. The van der Waals surface area contributed by atoms with E-state index in [9.17, 15) is 18.0 Å². The maximum atomic E-state index is 12.4. The Kier molecular flexibility index (Phi) is 3.56. The van der Waals surface area contributed by atoms with Gasteiger partial charge >= 0.3 is 12.1 Å². The second-order valence-electron chi connectivity index (χ2n) is 4.80. The summed E-state index contributed by atoms with van der Waals surface area (Å²) in [5.74, 6) is -2.75. The van der Waals surface area contributed by atoms with E-state index in [-0.39, 0.29) is 28.8 Å². The van der Waals surface area contributed by atoms with Crippen LogP contribution in [0.3, 0.4) is 0 Å². The average molecular weight is 346 g/mol. The molecule has 0 amide bonds. The van der Waals surface area contributed by atoms with Crippen molar-refractivity contribution in [3.63, 3.8) is 0 Å². The summed E-state index contributed by atoms with van der Waals surface area (Å²) in [6, 6.07) is 6.14. The fraction of sp³-hybridized carbons (Fsp3) is 0.308. The smallest absolute Gasteiger partial charge is 0.395 e. The van der Waals surface area contributed by atoms with Crippen molar-refractivity contribution in [2.24, 2.45) is 5.92 Å². The number of alkyl halides is 3. The monoisotopic (exact) mass is 345 g/mol. The molecular weight excluding hydrogens is 339 g/mol. The highest BCUT2D eigenvalue weighted by molar-refractivity contribution is 6.32. The van der Waals surface area contributed by atoms with Gasteiger partial charge in [0, 0.05) is 12.3 Å². The van der Waals surface area contributed by atoms with Gasteiger partial charge in [0.25, 0.3) is 0 Å². The van der Waals surface area contributed by atoms with Crippen LogP contribution in [0.15, 0.2) is 12.3 Å². The average Bonchev–Trinajstić information content (AvgIpc) is 3.07. The zero-order valence-electron chi connectivity index (χ0n) is 11.1. The molecule has 3 rings (SSSR count). The Labute approximate surface area is 132 Å². The lowest BCUT2D eigenvalue weighted by Gasteiger charge is -2.05. The molecule has 2 aromatic rings. The summed E-state index contributed by atoms with van der Waals surface area (Å²) in [7, 11) is 0. The van der Waals surface area contributed by atoms with E-state index in [1.54, 1.807) is 0 Å². The molecule has 1 aliphatic rings. The van der Waals surface area contributed by atoms with E-state index in [2.05, 4.69) is 22.2 Å². The van der Waals surface area contributed by atoms with Gasteiger partial charge in [0.2, 0.25) is 11.7 Å². The molecular formula is C13H7ClF3N3O3. The van der Waals surface area contributed by atoms with Gasteiger partial charge in [-0.15, -0.1) is 5.10 Å². The van der Waals surface area contributed by atoms with Crippen LogP contribution in [0.25, 0.3) is 5.82 Å².